The van der Waals surface area contributed by atoms with E-state index < -0.39 is 7.12 Å². The molecule has 0 saturated carbocycles. The van der Waals surface area contributed by atoms with E-state index in [0.717, 1.165) is 0 Å². The third-order valence-corrected chi connectivity index (χ3v) is 2.06. The molecule has 2 aromatic heterocycles. The minimum absolute atomic E-state index is 0.382. The number of fused-ring (bicyclic) bond motifs is 1. The molecule has 0 aromatic carbocycles. The smallest absolute Gasteiger partial charge is 0.423 e. The van der Waals surface area contributed by atoms with Gasteiger partial charge in [-0.15, -0.1) is 0 Å². The maximum Gasteiger partial charge on any atom is 0.489 e. The van der Waals surface area contributed by atoms with Crippen LogP contribution in [0.5, 0.6) is 0 Å². The molecule has 0 unspecified atom stereocenters. The van der Waals surface area contributed by atoms with Gasteiger partial charge in [0, 0.05) is 6.20 Å². The maximum absolute atomic E-state index is 8.89. The molecule has 4 nitrogen and oxygen atoms in total. The van der Waals surface area contributed by atoms with Gasteiger partial charge in [0.2, 0.25) is 0 Å². The highest BCUT2D eigenvalue weighted by Gasteiger charge is 2.12. The van der Waals surface area contributed by atoms with Crippen LogP contribution in [0.2, 0.25) is 5.15 Å². The normalized spacial score (nSPS) is 10.7. The summed E-state index contributed by atoms with van der Waals surface area (Å²) in [6.07, 6.45) is 3.04. The van der Waals surface area contributed by atoms with Crippen molar-refractivity contribution in [2.75, 3.05) is 0 Å². The predicted octanol–water partition coefficient (Wildman–Crippen LogP) is -0.333. The topological polar surface area (TPSA) is 57.8 Å². The van der Waals surface area contributed by atoms with Crippen LogP contribution >= 0.6 is 11.6 Å². The number of hydrogen-bond acceptors (Lipinski definition) is 3. The summed E-state index contributed by atoms with van der Waals surface area (Å²) in [7, 11) is -1.48. The molecule has 0 amide bonds. The summed E-state index contributed by atoms with van der Waals surface area (Å²) in [5, 5.41) is 18.2. The van der Waals surface area contributed by atoms with Gasteiger partial charge in [0.15, 0.2) is 0 Å². The van der Waals surface area contributed by atoms with E-state index in [9.17, 15) is 0 Å². The molecule has 0 radical (unpaired) electrons. The van der Waals surface area contributed by atoms with Crippen LogP contribution in [0.3, 0.4) is 0 Å². The van der Waals surface area contributed by atoms with Gasteiger partial charge < -0.3 is 10.0 Å². The van der Waals surface area contributed by atoms with Crippen LogP contribution in [-0.2, 0) is 0 Å². The lowest BCUT2D eigenvalue weighted by Gasteiger charge is -2.00. The fourth-order valence-electron chi connectivity index (χ4n) is 1.12. The van der Waals surface area contributed by atoms with Gasteiger partial charge >= 0.3 is 7.12 Å². The molecule has 0 atom stereocenters. The highest BCUT2D eigenvalue weighted by Crippen LogP contribution is 2.09. The van der Waals surface area contributed by atoms with E-state index in [0.29, 0.717) is 16.3 Å². The Morgan fingerprint density at radius 3 is 2.85 bits per heavy atom. The van der Waals surface area contributed by atoms with Gasteiger partial charge in [0.25, 0.3) is 0 Å². The summed E-state index contributed by atoms with van der Waals surface area (Å²) in [6, 6.07) is 3.25. The zero-order valence-corrected chi connectivity index (χ0v) is 7.31. The minimum atomic E-state index is -1.48. The monoisotopic (exact) mass is 196 g/mol. The Labute approximate surface area is 79.6 Å². The van der Waals surface area contributed by atoms with Crippen molar-refractivity contribution in [1.29, 1.82) is 0 Å². The number of rotatable bonds is 1. The Bertz CT molecular complexity index is 443. The third-order valence-electron chi connectivity index (χ3n) is 1.78. The maximum atomic E-state index is 8.89. The van der Waals surface area contributed by atoms with Crippen molar-refractivity contribution in [1.82, 2.24) is 9.38 Å². The Morgan fingerprint density at radius 2 is 2.15 bits per heavy atom. The first-order valence-electron chi connectivity index (χ1n) is 3.67. The van der Waals surface area contributed by atoms with Gasteiger partial charge in [0.05, 0.1) is 6.20 Å². The molecule has 13 heavy (non-hydrogen) atoms. The molecule has 0 aliphatic heterocycles. The van der Waals surface area contributed by atoms with Gasteiger partial charge in [-0.3, -0.25) is 4.40 Å². The Morgan fingerprint density at radius 1 is 1.38 bits per heavy atom. The second kappa shape index (κ2) is 3.03. The second-order valence-corrected chi connectivity index (χ2v) is 3.03. The first-order valence-corrected chi connectivity index (χ1v) is 4.05. The molecule has 66 valence electrons. The van der Waals surface area contributed by atoms with Gasteiger partial charge in [-0.05, 0) is 11.5 Å². The fourth-order valence-corrected chi connectivity index (χ4v) is 1.30. The van der Waals surface area contributed by atoms with Crippen LogP contribution in [0, 0.1) is 0 Å². The number of imidazole rings is 1. The van der Waals surface area contributed by atoms with Crippen molar-refractivity contribution in [3.8, 4) is 0 Å². The van der Waals surface area contributed by atoms with Gasteiger partial charge in [-0.1, -0.05) is 17.7 Å². The van der Waals surface area contributed by atoms with Crippen LogP contribution < -0.4 is 5.46 Å². The van der Waals surface area contributed by atoms with Crippen LogP contribution in [0.25, 0.3) is 5.65 Å². The van der Waals surface area contributed by atoms with E-state index in [4.69, 9.17) is 21.6 Å². The molecule has 0 aliphatic rings. The van der Waals surface area contributed by atoms with Crippen molar-refractivity contribution in [3.63, 3.8) is 0 Å². The van der Waals surface area contributed by atoms with Crippen LogP contribution in [-0.4, -0.2) is 26.6 Å². The van der Waals surface area contributed by atoms with E-state index >= 15 is 0 Å². The van der Waals surface area contributed by atoms with Crippen LogP contribution in [0.1, 0.15) is 0 Å². The lowest BCUT2D eigenvalue weighted by atomic mass is 9.82. The minimum Gasteiger partial charge on any atom is -0.423 e. The summed E-state index contributed by atoms with van der Waals surface area (Å²) >= 11 is 5.79. The molecule has 6 heteroatoms. The van der Waals surface area contributed by atoms with Crippen LogP contribution in [0.15, 0.2) is 24.5 Å². The SMILES string of the molecule is OB(O)c1ccc2ncc(Cl)n2c1. The Kier molecular flexibility index (Phi) is 1.99. The van der Waals surface area contributed by atoms with E-state index in [1.807, 2.05) is 0 Å². The first kappa shape index (κ1) is 8.56. The molecule has 0 fully saturated rings. The zero-order valence-electron chi connectivity index (χ0n) is 6.55. The molecule has 2 aromatic rings. The lowest BCUT2D eigenvalue weighted by molar-refractivity contribution is 0.425. The van der Waals surface area contributed by atoms with Crippen LogP contribution in [0.4, 0.5) is 0 Å². The molecule has 0 aliphatic carbocycles. The van der Waals surface area contributed by atoms with Gasteiger partial charge in [-0.2, -0.15) is 0 Å². The fraction of sp³-hybridized carbons (Fsp3) is 0. The molecule has 0 saturated heterocycles. The van der Waals surface area contributed by atoms with Crippen molar-refractivity contribution < 1.29 is 10.0 Å². The molecule has 2 heterocycles. The van der Waals surface area contributed by atoms with E-state index in [1.54, 1.807) is 16.5 Å². The average molecular weight is 196 g/mol. The molecule has 0 spiro atoms. The zero-order chi connectivity index (χ0) is 9.42. The molecule has 0 bridgehead atoms. The van der Waals surface area contributed by atoms with Gasteiger partial charge in [0.1, 0.15) is 10.8 Å². The Balaban J connectivity index is 2.66. The van der Waals surface area contributed by atoms with Crippen molar-refractivity contribution in [2.24, 2.45) is 0 Å². The molecular weight excluding hydrogens is 190 g/mol. The van der Waals surface area contributed by atoms with E-state index in [2.05, 4.69) is 4.98 Å². The third kappa shape index (κ3) is 1.41. The standard InChI is InChI=1S/C7H6BClN2O2/c9-6-3-10-7-2-1-5(8(12)13)4-11(6)7/h1-4,12-13H. The largest absolute Gasteiger partial charge is 0.489 e. The quantitative estimate of drug-likeness (QED) is 0.614. The average Bonchev–Trinajstić information content (AvgIpc) is 2.47. The summed E-state index contributed by atoms with van der Waals surface area (Å²) < 4.78 is 1.58. The summed E-state index contributed by atoms with van der Waals surface area (Å²) in [4.78, 5) is 3.99. The summed E-state index contributed by atoms with van der Waals surface area (Å²) in [6.45, 7) is 0. The second-order valence-electron chi connectivity index (χ2n) is 2.65. The van der Waals surface area contributed by atoms with E-state index in [-0.39, 0.29) is 0 Å². The highest BCUT2D eigenvalue weighted by atomic mass is 35.5. The number of halogens is 1. The summed E-state index contributed by atoms with van der Waals surface area (Å²) in [5.41, 5.74) is 1.06. The first-order chi connectivity index (χ1) is 6.18. The highest BCUT2D eigenvalue weighted by molar-refractivity contribution is 6.58. The molecular formula is C7H6BClN2O2. The summed E-state index contributed by atoms with van der Waals surface area (Å²) in [5.74, 6) is 0. The molecule has 2 rings (SSSR count). The number of aromatic nitrogens is 2. The van der Waals surface area contributed by atoms with Crippen molar-refractivity contribution in [2.45, 2.75) is 0 Å². The van der Waals surface area contributed by atoms with Gasteiger partial charge in [-0.25, -0.2) is 4.98 Å². The molecule has 2 N–H and O–H groups in total. The lowest BCUT2D eigenvalue weighted by Crippen LogP contribution is -2.30. The number of nitrogens with zero attached hydrogens (tertiary/aromatic N) is 2. The number of pyridine rings is 1. The predicted molar refractivity (Wildman–Crippen MR) is 50.0 cm³/mol. The Hall–Kier alpha value is -1.04. The van der Waals surface area contributed by atoms with E-state index in [1.165, 1.54) is 12.4 Å². The number of hydrogen-bond donors (Lipinski definition) is 2. The van der Waals surface area contributed by atoms with Crippen molar-refractivity contribution >= 4 is 29.8 Å². The van der Waals surface area contributed by atoms with Crippen molar-refractivity contribution in [3.05, 3.63) is 29.7 Å².